The highest BCUT2D eigenvalue weighted by molar-refractivity contribution is 14.1. The van der Waals surface area contributed by atoms with Gasteiger partial charge in [0.1, 0.15) is 5.75 Å². The van der Waals surface area contributed by atoms with Crippen LogP contribution in [0.2, 0.25) is 0 Å². The smallest absolute Gasteiger partial charge is 0.259 e. The van der Waals surface area contributed by atoms with Crippen LogP contribution in [-0.2, 0) is 0 Å². The maximum Gasteiger partial charge on any atom is 0.259 e. The van der Waals surface area contributed by atoms with Gasteiger partial charge in [-0.3, -0.25) is 4.79 Å². The van der Waals surface area contributed by atoms with E-state index in [-0.39, 0.29) is 5.91 Å². The van der Waals surface area contributed by atoms with Crippen molar-refractivity contribution >= 4 is 50.1 Å². The van der Waals surface area contributed by atoms with Crippen LogP contribution in [0.3, 0.4) is 0 Å². The lowest BCUT2D eigenvalue weighted by atomic mass is 10.1. The lowest BCUT2D eigenvalue weighted by Crippen LogP contribution is -2.32. The quantitative estimate of drug-likeness (QED) is 0.591. The molecule has 3 nitrogen and oxygen atoms in total. The van der Waals surface area contributed by atoms with Crippen LogP contribution < -0.4 is 9.64 Å². The number of halogens is 2. The Labute approximate surface area is 145 Å². The average Bonchev–Trinajstić information content (AvgIpc) is 2.71. The summed E-state index contributed by atoms with van der Waals surface area (Å²) in [6.45, 7) is 1.30. The van der Waals surface area contributed by atoms with Gasteiger partial charge in [-0.2, -0.15) is 0 Å². The van der Waals surface area contributed by atoms with E-state index in [4.69, 9.17) is 4.74 Å². The van der Waals surface area contributed by atoms with Crippen LogP contribution in [0.25, 0.3) is 0 Å². The highest BCUT2D eigenvalue weighted by Gasteiger charge is 2.24. The van der Waals surface area contributed by atoms with Gasteiger partial charge < -0.3 is 9.64 Å². The second kappa shape index (κ2) is 6.36. The number of fused-ring (bicyclic) bond motifs is 1. The number of carbonyl (C=O) groups excluding carboxylic acids is 1. The van der Waals surface area contributed by atoms with E-state index in [0.29, 0.717) is 18.7 Å². The highest BCUT2D eigenvalue weighted by atomic mass is 127. The fourth-order valence-electron chi connectivity index (χ4n) is 2.35. The van der Waals surface area contributed by atoms with Crippen molar-refractivity contribution in [3.63, 3.8) is 0 Å². The van der Waals surface area contributed by atoms with E-state index in [1.165, 1.54) is 0 Å². The average molecular weight is 458 g/mol. The maximum atomic E-state index is 12.9. The first-order chi connectivity index (χ1) is 10.2. The molecule has 1 aliphatic heterocycles. The number of hydrogen-bond acceptors (Lipinski definition) is 2. The van der Waals surface area contributed by atoms with Crippen molar-refractivity contribution in [2.75, 3.05) is 18.1 Å². The van der Waals surface area contributed by atoms with Gasteiger partial charge in [0.15, 0.2) is 0 Å². The second-order valence-electron chi connectivity index (χ2n) is 4.75. The standard InChI is InChI=1S/C16H13BrINO2/c17-11-6-7-13(18)12(10-11)16(20)19-8-3-9-21-15-5-2-1-4-14(15)19/h1-2,4-7,10H,3,8-9H2. The van der Waals surface area contributed by atoms with Gasteiger partial charge >= 0.3 is 0 Å². The predicted octanol–water partition coefficient (Wildman–Crippen LogP) is 4.48. The van der Waals surface area contributed by atoms with Gasteiger partial charge in [0.2, 0.25) is 0 Å². The molecule has 2 aromatic rings. The van der Waals surface area contributed by atoms with Gasteiger partial charge in [0.25, 0.3) is 5.91 Å². The zero-order valence-electron chi connectivity index (χ0n) is 11.2. The molecule has 0 bridgehead atoms. The van der Waals surface area contributed by atoms with Gasteiger partial charge in [0.05, 0.1) is 17.9 Å². The molecule has 2 aromatic carbocycles. The third-order valence-electron chi connectivity index (χ3n) is 3.34. The Kier molecular flexibility index (Phi) is 4.49. The summed E-state index contributed by atoms with van der Waals surface area (Å²) in [7, 11) is 0. The molecule has 0 radical (unpaired) electrons. The second-order valence-corrected chi connectivity index (χ2v) is 6.83. The molecule has 1 amide bonds. The number of amides is 1. The maximum absolute atomic E-state index is 12.9. The number of benzene rings is 2. The minimum absolute atomic E-state index is 0.0126. The Bertz CT molecular complexity index is 690. The third-order valence-corrected chi connectivity index (χ3v) is 4.78. The van der Waals surface area contributed by atoms with E-state index >= 15 is 0 Å². The summed E-state index contributed by atoms with van der Waals surface area (Å²) in [6, 6.07) is 13.5. The SMILES string of the molecule is O=C(c1cc(Br)ccc1I)N1CCCOc2ccccc21. The van der Waals surface area contributed by atoms with Crippen LogP contribution in [0, 0.1) is 3.57 Å². The normalized spacial score (nSPS) is 14.1. The zero-order valence-corrected chi connectivity index (χ0v) is 14.9. The number of rotatable bonds is 1. The molecule has 0 aromatic heterocycles. The van der Waals surface area contributed by atoms with Crippen LogP contribution in [-0.4, -0.2) is 19.1 Å². The van der Waals surface area contributed by atoms with E-state index < -0.39 is 0 Å². The van der Waals surface area contributed by atoms with Crippen LogP contribution in [0.4, 0.5) is 5.69 Å². The highest BCUT2D eigenvalue weighted by Crippen LogP contribution is 2.32. The summed E-state index contributed by atoms with van der Waals surface area (Å²) < 4.78 is 7.57. The van der Waals surface area contributed by atoms with Crippen molar-refractivity contribution in [1.82, 2.24) is 0 Å². The molecule has 3 rings (SSSR count). The first-order valence-corrected chi connectivity index (χ1v) is 8.53. The number of hydrogen-bond donors (Lipinski definition) is 0. The van der Waals surface area contributed by atoms with Crippen molar-refractivity contribution in [1.29, 1.82) is 0 Å². The molecule has 0 saturated carbocycles. The van der Waals surface area contributed by atoms with Crippen molar-refractivity contribution < 1.29 is 9.53 Å². The molecule has 0 aliphatic carbocycles. The molecule has 21 heavy (non-hydrogen) atoms. The molecule has 0 N–H and O–H groups in total. The van der Waals surface area contributed by atoms with E-state index in [9.17, 15) is 4.79 Å². The Morgan fingerprint density at radius 2 is 2.05 bits per heavy atom. The molecule has 0 saturated heterocycles. The van der Waals surface area contributed by atoms with Gasteiger partial charge in [-0.05, 0) is 59.3 Å². The molecule has 1 heterocycles. The molecular weight excluding hydrogens is 445 g/mol. The summed E-state index contributed by atoms with van der Waals surface area (Å²) in [6.07, 6.45) is 0.824. The summed E-state index contributed by atoms with van der Waals surface area (Å²) >= 11 is 5.64. The molecule has 5 heteroatoms. The third kappa shape index (κ3) is 3.08. The van der Waals surface area contributed by atoms with Crippen LogP contribution >= 0.6 is 38.5 Å². The largest absolute Gasteiger partial charge is 0.491 e. The number of nitrogens with zero attached hydrogens (tertiary/aromatic N) is 1. The van der Waals surface area contributed by atoms with Gasteiger partial charge in [-0.25, -0.2) is 0 Å². The number of anilines is 1. The molecule has 0 atom stereocenters. The van der Waals surface area contributed by atoms with Crippen molar-refractivity contribution in [2.24, 2.45) is 0 Å². The molecule has 0 fully saturated rings. The van der Waals surface area contributed by atoms with Crippen molar-refractivity contribution in [3.8, 4) is 5.75 Å². The summed E-state index contributed by atoms with van der Waals surface area (Å²) in [5, 5.41) is 0. The Morgan fingerprint density at radius 3 is 2.90 bits per heavy atom. The van der Waals surface area contributed by atoms with Crippen molar-refractivity contribution in [2.45, 2.75) is 6.42 Å². The molecule has 1 aliphatic rings. The lowest BCUT2D eigenvalue weighted by molar-refractivity contribution is 0.0986. The molecule has 0 spiro atoms. The number of para-hydroxylation sites is 2. The summed E-state index contributed by atoms with van der Waals surface area (Å²) in [5.41, 5.74) is 1.55. The fraction of sp³-hybridized carbons (Fsp3) is 0.188. The van der Waals surface area contributed by atoms with Gasteiger partial charge in [-0.15, -0.1) is 0 Å². The summed E-state index contributed by atoms with van der Waals surface area (Å²) in [5.74, 6) is 0.784. The van der Waals surface area contributed by atoms with Gasteiger partial charge in [0, 0.05) is 14.6 Å². The Morgan fingerprint density at radius 1 is 1.24 bits per heavy atom. The fourth-order valence-corrected chi connectivity index (χ4v) is 3.27. The monoisotopic (exact) mass is 457 g/mol. The number of carbonyl (C=O) groups is 1. The Balaban J connectivity index is 2.03. The zero-order chi connectivity index (χ0) is 14.8. The van der Waals surface area contributed by atoms with Crippen molar-refractivity contribution in [3.05, 3.63) is 56.1 Å². The van der Waals surface area contributed by atoms with Crippen LogP contribution in [0.5, 0.6) is 5.75 Å². The molecular formula is C16H13BrINO2. The molecule has 108 valence electrons. The van der Waals surface area contributed by atoms with E-state index in [0.717, 1.165) is 25.9 Å². The first-order valence-electron chi connectivity index (χ1n) is 6.65. The minimum Gasteiger partial charge on any atom is -0.491 e. The van der Waals surface area contributed by atoms with E-state index in [1.807, 2.05) is 47.4 Å². The topological polar surface area (TPSA) is 29.5 Å². The number of ether oxygens (including phenoxy) is 1. The lowest BCUT2D eigenvalue weighted by Gasteiger charge is -2.22. The summed E-state index contributed by atoms with van der Waals surface area (Å²) in [4.78, 5) is 14.7. The first kappa shape index (κ1) is 14.8. The Hall–Kier alpha value is -1.08. The van der Waals surface area contributed by atoms with E-state index in [2.05, 4.69) is 38.5 Å². The van der Waals surface area contributed by atoms with Crippen LogP contribution in [0.15, 0.2) is 46.9 Å². The van der Waals surface area contributed by atoms with Gasteiger partial charge in [-0.1, -0.05) is 28.1 Å². The van der Waals surface area contributed by atoms with E-state index in [1.54, 1.807) is 0 Å². The predicted molar refractivity (Wildman–Crippen MR) is 95.1 cm³/mol. The minimum atomic E-state index is 0.0126. The molecule has 0 unspecified atom stereocenters. The van der Waals surface area contributed by atoms with Crippen LogP contribution in [0.1, 0.15) is 16.8 Å².